The number of nitrogens with one attached hydrogen (secondary N) is 1. The maximum absolute atomic E-state index is 12.4. The third kappa shape index (κ3) is 3.12. The molecule has 0 aromatic heterocycles. The van der Waals surface area contributed by atoms with Gasteiger partial charge in [0.1, 0.15) is 6.04 Å². The normalized spacial score (nSPS) is 44.0. The Morgan fingerprint density at radius 3 is 2.61 bits per heavy atom. The number of nitriles is 1. The van der Waals surface area contributed by atoms with Gasteiger partial charge in [-0.3, -0.25) is 4.79 Å². The van der Waals surface area contributed by atoms with Gasteiger partial charge in [-0.1, -0.05) is 0 Å². The van der Waals surface area contributed by atoms with E-state index in [-0.39, 0.29) is 41.5 Å². The molecule has 0 aromatic rings. The summed E-state index contributed by atoms with van der Waals surface area (Å²) in [6, 6.07) is 1.99. The molecule has 128 valence electrons. The van der Waals surface area contributed by atoms with E-state index in [1.54, 1.807) is 4.90 Å². The van der Waals surface area contributed by atoms with Crippen LogP contribution >= 0.6 is 24.0 Å². The molecular formula is C17H26IN3O2. The predicted octanol–water partition coefficient (Wildman–Crippen LogP) is 1.79. The number of likely N-dealkylation sites (tertiary alicyclic amines) is 1. The van der Waals surface area contributed by atoms with Gasteiger partial charge in [0.2, 0.25) is 5.91 Å². The molecule has 4 aliphatic carbocycles. The summed E-state index contributed by atoms with van der Waals surface area (Å²) in [4.78, 5) is 14.2. The number of nitrogens with zero attached hydrogens (tertiary/aromatic N) is 2. The highest BCUT2D eigenvalue weighted by atomic mass is 127. The summed E-state index contributed by atoms with van der Waals surface area (Å²) < 4.78 is 0. The maximum atomic E-state index is 12.4. The lowest BCUT2D eigenvalue weighted by molar-refractivity contribution is -0.147. The highest BCUT2D eigenvalue weighted by Crippen LogP contribution is 2.57. The summed E-state index contributed by atoms with van der Waals surface area (Å²) in [5.41, 5.74) is -0.542. The number of carbonyl (C=O) groups is 1. The zero-order valence-corrected chi connectivity index (χ0v) is 15.8. The Balaban J connectivity index is 0.00000156. The lowest BCUT2D eigenvalue weighted by atomic mass is 9.51. The van der Waals surface area contributed by atoms with Gasteiger partial charge in [0.15, 0.2) is 0 Å². The van der Waals surface area contributed by atoms with Gasteiger partial charge in [-0.25, -0.2) is 0 Å². The first-order valence-corrected chi connectivity index (χ1v) is 8.67. The maximum Gasteiger partial charge on any atom is 0.237 e. The minimum absolute atomic E-state index is 0. The number of amides is 1. The number of hydrogen-bond acceptors (Lipinski definition) is 4. The van der Waals surface area contributed by atoms with Crippen molar-refractivity contribution < 1.29 is 9.90 Å². The number of carbonyl (C=O) groups excluding carboxylic acids is 1. The van der Waals surface area contributed by atoms with E-state index in [0.717, 1.165) is 44.9 Å². The van der Waals surface area contributed by atoms with Gasteiger partial charge >= 0.3 is 0 Å². The van der Waals surface area contributed by atoms with Crippen LogP contribution in [0.15, 0.2) is 0 Å². The summed E-state index contributed by atoms with van der Waals surface area (Å²) in [5.74, 6) is 1.28. The quantitative estimate of drug-likeness (QED) is 0.669. The molecule has 1 heterocycles. The Labute approximate surface area is 154 Å². The van der Waals surface area contributed by atoms with Crippen LogP contribution in [0.5, 0.6) is 0 Å². The van der Waals surface area contributed by atoms with Crippen molar-refractivity contribution in [3.8, 4) is 6.07 Å². The van der Waals surface area contributed by atoms with Gasteiger partial charge in [-0.2, -0.15) is 5.26 Å². The van der Waals surface area contributed by atoms with Gasteiger partial charge in [0.05, 0.1) is 18.2 Å². The van der Waals surface area contributed by atoms with E-state index >= 15 is 0 Å². The van der Waals surface area contributed by atoms with Crippen LogP contribution in [0.2, 0.25) is 0 Å². The van der Waals surface area contributed by atoms with E-state index in [1.807, 2.05) is 0 Å². The van der Waals surface area contributed by atoms with E-state index in [9.17, 15) is 9.90 Å². The van der Waals surface area contributed by atoms with Gasteiger partial charge in [0.25, 0.3) is 0 Å². The predicted molar refractivity (Wildman–Crippen MR) is 96.1 cm³/mol. The third-order valence-corrected chi connectivity index (χ3v) is 6.37. The van der Waals surface area contributed by atoms with Gasteiger partial charge in [-0.15, -0.1) is 24.0 Å². The molecule has 6 heteroatoms. The molecule has 2 unspecified atom stereocenters. The van der Waals surface area contributed by atoms with Crippen molar-refractivity contribution in [3.63, 3.8) is 0 Å². The largest absolute Gasteiger partial charge is 0.390 e. The molecule has 5 rings (SSSR count). The summed E-state index contributed by atoms with van der Waals surface area (Å²) in [6.45, 7) is 1.02. The molecule has 0 radical (unpaired) electrons. The van der Waals surface area contributed by atoms with Crippen molar-refractivity contribution in [2.24, 2.45) is 11.8 Å². The fourth-order valence-corrected chi connectivity index (χ4v) is 5.99. The van der Waals surface area contributed by atoms with E-state index in [2.05, 4.69) is 11.4 Å². The molecule has 5 fully saturated rings. The first-order chi connectivity index (χ1) is 10.5. The monoisotopic (exact) mass is 431 g/mol. The van der Waals surface area contributed by atoms with E-state index < -0.39 is 5.60 Å². The van der Waals surface area contributed by atoms with Crippen LogP contribution in [0.1, 0.15) is 51.4 Å². The van der Waals surface area contributed by atoms with Gasteiger partial charge in [-0.05, 0) is 63.2 Å². The van der Waals surface area contributed by atoms with Crippen LogP contribution in [0.4, 0.5) is 0 Å². The molecule has 1 saturated heterocycles. The molecule has 5 aliphatic rings. The molecule has 23 heavy (non-hydrogen) atoms. The fraction of sp³-hybridized carbons (Fsp3) is 0.882. The van der Waals surface area contributed by atoms with Gasteiger partial charge < -0.3 is 15.3 Å². The minimum atomic E-state index is -0.497. The fourth-order valence-electron chi connectivity index (χ4n) is 5.99. The second-order valence-electron chi connectivity index (χ2n) is 8.19. The SMILES string of the molecule is I.N#C[C@@H]1CCCN1C(=O)CNC12CC3CC(CC(O)(C3)C1)C2. The van der Waals surface area contributed by atoms with Crippen LogP contribution in [0.3, 0.4) is 0 Å². The van der Waals surface area contributed by atoms with Crippen LogP contribution < -0.4 is 5.32 Å². The highest BCUT2D eigenvalue weighted by Gasteiger charge is 2.57. The van der Waals surface area contributed by atoms with Crippen molar-refractivity contribution in [1.82, 2.24) is 10.2 Å². The smallest absolute Gasteiger partial charge is 0.237 e. The molecule has 4 bridgehead atoms. The summed E-state index contributed by atoms with van der Waals surface area (Å²) in [5, 5.41) is 23.4. The zero-order valence-electron chi connectivity index (χ0n) is 13.5. The molecule has 4 saturated carbocycles. The van der Waals surface area contributed by atoms with Crippen molar-refractivity contribution in [1.29, 1.82) is 5.26 Å². The third-order valence-electron chi connectivity index (χ3n) is 6.37. The highest BCUT2D eigenvalue weighted by molar-refractivity contribution is 14.0. The van der Waals surface area contributed by atoms with Crippen LogP contribution in [-0.2, 0) is 4.79 Å². The molecule has 2 N–H and O–H groups in total. The lowest BCUT2D eigenvalue weighted by Gasteiger charge is -2.60. The molecular weight excluding hydrogens is 405 g/mol. The first kappa shape index (κ1) is 17.4. The van der Waals surface area contributed by atoms with Crippen molar-refractivity contribution >= 4 is 29.9 Å². The Hall–Kier alpha value is -0.390. The second kappa shape index (κ2) is 6.16. The average Bonchev–Trinajstić information content (AvgIpc) is 2.90. The molecule has 5 nitrogen and oxygen atoms in total. The topological polar surface area (TPSA) is 76.4 Å². The van der Waals surface area contributed by atoms with E-state index in [0.29, 0.717) is 24.9 Å². The zero-order chi connectivity index (χ0) is 15.4. The first-order valence-electron chi connectivity index (χ1n) is 8.67. The molecule has 1 amide bonds. The Morgan fingerprint density at radius 1 is 1.30 bits per heavy atom. The number of rotatable bonds is 3. The Morgan fingerprint density at radius 2 is 2.00 bits per heavy atom. The summed E-state index contributed by atoms with van der Waals surface area (Å²) >= 11 is 0. The summed E-state index contributed by atoms with van der Waals surface area (Å²) in [6.07, 6.45) is 7.87. The molecule has 0 spiro atoms. The standard InChI is InChI=1S/C17H25N3O2.HI/c18-9-14-2-1-3-20(14)15(21)10-19-16-5-12-4-13(6-16)8-17(22,7-12)11-16;/h12-14,19,22H,1-8,10-11H2;1H/t12?,13?,14-,16?,17?;/m0./s1. The van der Waals surface area contributed by atoms with E-state index in [1.165, 1.54) is 6.42 Å². The van der Waals surface area contributed by atoms with Crippen molar-refractivity contribution in [2.45, 2.75) is 68.5 Å². The number of hydrogen-bond donors (Lipinski definition) is 2. The Bertz CT molecular complexity index is 518. The van der Waals surface area contributed by atoms with Crippen LogP contribution in [0.25, 0.3) is 0 Å². The average molecular weight is 431 g/mol. The molecule has 1 aliphatic heterocycles. The van der Waals surface area contributed by atoms with Crippen molar-refractivity contribution in [2.75, 3.05) is 13.1 Å². The summed E-state index contributed by atoms with van der Waals surface area (Å²) in [7, 11) is 0. The van der Waals surface area contributed by atoms with Crippen LogP contribution in [-0.4, -0.2) is 46.2 Å². The molecule has 0 aromatic carbocycles. The van der Waals surface area contributed by atoms with E-state index in [4.69, 9.17) is 5.26 Å². The van der Waals surface area contributed by atoms with Gasteiger partial charge in [0, 0.05) is 12.1 Å². The van der Waals surface area contributed by atoms with Crippen LogP contribution in [0, 0.1) is 23.2 Å². The minimum Gasteiger partial charge on any atom is -0.390 e. The number of aliphatic hydroxyl groups is 1. The number of halogens is 1. The Kier molecular flexibility index (Phi) is 4.67. The van der Waals surface area contributed by atoms with Crippen molar-refractivity contribution in [3.05, 3.63) is 0 Å². The molecule has 3 atom stereocenters. The second-order valence-corrected chi connectivity index (χ2v) is 8.19. The lowest BCUT2D eigenvalue weighted by Crippen LogP contribution is -2.65.